The van der Waals surface area contributed by atoms with Crippen LogP contribution >= 0.6 is 0 Å². The number of hydrogen-bond donors (Lipinski definition) is 3. The number of phenols is 1. The van der Waals surface area contributed by atoms with Crippen LogP contribution in [0.5, 0.6) is 5.75 Å². The Kier molecular flexibility index (Phi) is 6.88. The minimum Gasteiger partial charge on any atom is -0.507 e. The Labute approximate surface area is 194 Å². The number of morpholine rings is 1. The smallest absolute Gasteiger partial charge is 0.258 e. The average molecular weight is 453 g/mol. The second-order valence-electron chi connectivity index (χ2n) is 8.74. The number of amides is 1. The number of carbonyl (C=O) groups is 1. The molecule has 2 aromatic rings. The van der Waals surface area contributed by atoms with Gasteiger partial charge < -0.3 is 29.8 Å². The predicted molar refractivity (Wildman–Crippen MR) is 129 cm³/mol. The molecule has 0 unspecified atom stereocenters. The summed E-state index contributed by atoms with van der Waals surface area (Å²) < 4.78 is 11.1. The van der Waals surface area contributed by atoms with Crippen LogP contribution in [-0.2, 0) is 22.6 Å². The standard InChI is InChI=1S/C25H32N4O4/c1-16(2)33-15-17(3)21-11-22(24(30)12-23(21)27-26)25(31)29-13-18-4-5-20(10-19(18)14-29)28-6-8-32-9-7-28/h4-5,10-12,16,27,30H,3,6-9,13-15,26H2,1-2H3. The molecular weight excluding hydrogens is 420 g/mol. The van der Waals surface area contributed by atoms with Crippen LogP contribution in [0.4, 0.5) is 11.4 Å². The number of nitrogen functional groups attached to an aromatic ring is 1. The maximum Gasteiger partial charge on any atom is 0.258 e. The van der Waals surface area contributed by atoms with Gasteiger partial charge in [-0.3, -0.25) is 10.6 Å². The molecule has 0 saturated carbocycles. The SMILES string of the molecule is C=C(COC(C)C)c1cc(C(=O)N2Cc3ccc(N4CCOCC4)cc3C2)c(O)cc1NN. The highest BCUT2D eigenvalue weighted by Gasteiger charge is 2.28. The van der Waals surface area contributed by atoms with Crippen molar-refractivity contribution in [3.05, 3.63) is 59.2 Å². The highest BCUT2D eigenvalue weighted by Crippen LogP contribution is 2.34. The fraction of sp³-hybridized carbons (Fsp3) is 0.400. The summed E-state index contributed by atoms with van der Waals surface area (Å²) in [5, 5.41) is 10.6. The number of benzene rings is 2. The number of phenolic OH excluding ortho intramolecular Hbond substituents is 1. The minimum absolute atomic E-state index is 0.0414. The van der Waals surface area contributed by atoms with Gasteiger partial charge in [-0.1, -0.05) is 12.6 Å². The summed E-state index contributed by atoms with van der Waals surface area (Å²) in [5.74, 6) is 5.28. The summed E-state index contributed by atoms with van der Waals surface area (Å²) in [6.07, 6.45) is 0.0414. The molecule has 4 N–H and O–H groups in total. The summed E-state index contributed by atoms with van der Waals surface area (Å²) in [6, 6.07) is 9.45. The number of nitrogens with one attached hydrogen (secondary N) is 1. The number of anilines is 2. The molecule has 0 spiro atoms. The third-order valence-corrected chi connectivity index (χ3v) is 6.07. The van der Waals surface area contributed by atoms with Gasteiger partial charge in [0.25, 0.3) is 5.91 Å². The molecule has 0 aromatic heterocycles. The van der Waals surface area contributed by atoms with Gasteiger partial charge in [-0.2, -0.15) is 0 Å². The first-order chi connectivity index (χ1) is 15.9. The zero-order valence-electron chi connectivity index (χ0n) is 19.3. The number of ether oxygens (including phenoxy) is 2. The van der Waals surface area contributed by atoms with E-state index in [0.29, 0.717) is 36.5 Å². The molecular formula is C25H32N4O4. The van der Waals surface area contributed by atoms with Crippen molar-refractivity contribution in [1.29, 1.82) is 0 Å². The molecule has 1 amide bonds. The Morgan fingerprint density at radius 1 is 1.18 bits per heavy atom. The molecule has 0 radical (unpaired) electrons. The Morgan fingerprint density at radius 2 is 1.91 bits per heavy atom. The summed E-state index contributed by atoms with van der Waals surface area (Å²) >= 11 is 0. The Hall–Kier alpha value is -3.07. The lowest BCUT2D eigenvalue weighted by molar-refractivity contribution is 0.0748. The first-order valence-corrected chi connectivity index (χ1v) is 11.2. The lowest BCUT2D eigenvalue weighted by atomic mass is 10.0. The molecule has 2 heterocycles. The van der Waals surface area contributed by atoms with Crippen molar-refractivity contribution >= 4 is 22.9 Å². The average Bonchev–Trinajstić information content (AvgIpc) is 3.26. The molecule has 2 aliphatic heterocycles. The van der Waals surface area contributed by atoms with Crippen LogP contribution in [-0.4, -0.2) is 54.9 Å². The third-order valence-electron chi connectivity index (χ3n) is 6.07. The number of carbonyl (C=O) groups excluding carboxylic acids is 1. The summed E-state index contributed by atoms with van der Waals surface area (Å²) in [6.45, 7) is 12.4. The van der Waals surface area contributed by atoms with E-state index < -0.39 is 0 Å². The van der Waals surface area contributed by atoms with Crippen LogP contribution in [0, 0.1) is 0 Å². The molecule has 176 valence electrons. The number of aromatic hydroxyl groups is 1. The zero-order valence-corrected chi connectivity index (χ0v) is 19.3. The van der Waals surface area contributed by atoms with Crippen molar-refractivity contribution in [1.82, 2.24) is 4.90 Å². The number of hydrazine groups is 1. The van der Waals surface area contributed by atoms with Crippen LogP contribution in [0.15, 0.2) is 36.9 Å². The fourth-order valence-electron chi connectivity index (χ4n) is 4.23. The Balaban J connectivity index is 1.54. The van der Waals surface area contributed by atoms with E-state index in [1.165, 1.54) is 6.07 Å². The van der Waals surface area contributed by atoms with Gasteiger partial charge in [0.2, 0.25) is 0 Å². The molecule has 0 bridgehead atoms. The molecule has 8 heteroatoms. The molecule has 1 fully saturated rings. The van der Waals surface area contributed by atoms with E-state index in [0.717, 1.165) is 43.1 Å². The Bertz CT molecular complexity index is 1050. The maximum atomic E-state index is 13.4. The van der Waals surface area contributed by atoms with E-state index in [1.807, 2.05) is 13.8 Å². The number of hydrogen-bond acceptors (Lipinski definition) is 7. The van der Waals surface area contributed by atoms with E-state index in [2.05, 4.69) is 35.1 Å². The predicted octanol–water partition coefficient (Wildman–Crippen LogP) is 3.11. The molecule has 0 atom stereocenters. The number of nitrogens with two attached hydrogens (primary N) is 1. The van der Waals surface area contributed by atoms with Crippen LogP contribution in [0.1, 0.15) is 40.9 Å². The van der Waals surface area contributed by atoms with E-state index in [9.17, 15) is 9.90 Å². The van der Waals surface area contributed by atoms with Gasteiger partial charge >= 0.3 is 0 Å². The van der Waals surface area contributed by atoms with Gasteiger partial charge in [0, 0.05) is 43.5 Å². The first kappa shape index (κ1) is 23.1. The minimum atomic E-state index is -0.237. The molecule has 0 aliphatic carbocycles. The highest BCUT2D eigenvalue weighted by molar-refractivity contribution is 5.99. The summed E-state index contributed by atoms with van der Waals surface area (Å²) in [4.78, 5) is 17.4. The Morgan fingerprint density at radius 3 is 2.61 bits per heavy atom. The summed E-state index contributed by atoms with van der Waals surface area (Å²) in [5.41, 5.74) is 8.00. The van der Waals surface area contributed by atoms with Crippen molar-refractivity contribution in [2.75, 3.05) is 43.2 Å². The van der Waals surface area contributed by atoms with Crippen LogP contribution in [0.2, 0.25) is 0 Å². The quantitative estimate of drug-likeness (QED) is 0.438. The number of fused-ring (bicyclic) bond motifs is 1. The largest absolute Gasteiger partial charge is 0.507 e. The monoisotopic (exact) mass is 452 g/mol. The fourth-order valence-corrected chi connectivity index (χ4v) is 4.23. The molecule has 2 aliphatic rings. The van der Waals surface area contributed by atoms with Crippen molar-refractivity contribution < 1.29 is 19.4 Å². The highest BCUT2D eigenvalue weighted by atomic mass is 16.5. The second-order valence-corrected chi connectivity index (χ2v) is 8.74. The zero-order chi connectivity index (χ0) is 23.5. The summed E-state index contributed by atoms with van der Waals surface area (Å²) in [7, 11) is 0. The van der Waals surface area contributed by atoms with Gasteiger partial charge in [-0.25, -0.2) is 0 Å². The molecule has 4 rings (SSSR count). The molecule has 8 nitrogen and oxygen atoms in total. The van der Waals surface area contributed by atoms with Crippen molar-refractivity contribution in [2.24, 2.45) is 5.84 Å². The van der Waals surface area contributed by atoms with Crippen molar-refractivity contribution in [3.63, 3.8) is 0 Å². The van der Waals surface area contributed by atoms with E-state index in [1.54, 1.807) is 11.0 Å². The maximum absolute atomic E-state index is 13.4. The lowest BCUT2D eigenvalue weighted by Crippen LogP contribution is -2.36. The molecule has 2 aromatic carbocycles. The van der Waals surface area contributed by atoms with Gasteiger partial charge in [0.15, 0.2) is 0 Å². The van der Waals surface area contributed by atoms with Gasteiger partial charge in [-0.15, -0.1) is 0 Å². The van der Waals surface area contributed by atoms with E-state index >= 15 is 0 Å². The molecule has 1 saturated heterocycles. The van der Waals surface area contributed by atoms with E-state index in [4.69, 9.17) is 15.3 Å². The lowest BCUT2D eigenvalue weighted by Gasteiger charge is -2.29. The van der Waals surface area contributed by atoms with Gasteiger partial charge in [-0.05, 0) is 48.7 Å². The van der Waals surface area contributed by atoms with Gasteiger partial charge in [0.1, 0.15) is 5.75 Å². The van der Waals surface area contributed by atoms with Crippen LogP contribution in [0.25, 0.3) is 5.57 Å². The number of rotatable bonds is 7. The van der Waals surface area contributed by atoms with Crippen molar-refractivity contribution in [2.45, 2.75) is 33.0 Å². The third kappa shape index (κ3) is 4.98. The topological polar surface area (TPSA) is 100 Å². The van der Waals surface area contributed by atoms with Crippen LogP contribution < -0.4 is 16.2 Å². The van der Waals surface area contributed by atoms with Crippen molar-refractivity contribution in [3.8, 4) is 5.75 Å². The normalized spacial score (nSPS) is 15.6. The first-order valence-electron chi connectivity index (χ1n) is 11.2. The number of nitrogens with zero attached hydrogens (tertiary/aromatic N) is 2. The second kappa shape index (κ2) is 9.82. The molecule has 33 heavy (non-hydrogen) atoms. The van der Waals surface area contributed by atoms with E-state index in [-0.39, 0.29) is 23.3 Å². The van der Waals surface area contributed by atoms with Crippen LogP contribution in [0.3, 0.4) is 0 Å². The van der Waals surface area contributed by atoms with Gasteiger partial charge in [0.05, 0.1) is 37.2 Å².